The van der Waals surface area contributed by atoms with Crippen molar-refractivity contribution in [1.82, 2.24) is 25.1 Å². The summed E-state index contributed by atoms with van der Waals surface area (Å²) in [7, 11) is 0. The van der Waals surface area contributed by atoms with Gasteiger partial charge in [0.2, 0.25) is 5.91 Å². The first-order valence-corrected chi connectivity index (χ1v) is 14.1. The van der Waals surface area contributed by atoms with Crippen LogP contribution in [0.15, 0.2) is 71.9 Å². The highest BCUT2D eigenvalue weighted by Crippen LogP contribution is 2.32. The van der Waals surface area contributed by atoms with Crippen molar-refractivity contribution < 1.29 is 22.8 Å². The van der Waals surface area contributed by atoms with E-state index in [1.54, 1.807) is 12.1 Å². The Labute approximate surface area is 241 Å². The second kappa shape index (κ2) is 11.7. The van der Waals surface area contributed by atoms with Crippen LogP contribution < -0.4 is 10.6 Å². The number of carbonyl (C=O) groups is 2. The van der Waals surface area contributed by atoms with Gasteiger partial charge in [0, 0.05) is 5.56 Å². The minimum absolute atomic E-state index is 0.0952. The number of fused-ring (bicyclic) bond motifs is 1. The molecule has 2 N–H and O–H groups in total. The first kappa shape index (κ1) is 28.3. The number of hydrogen-bond acceptors (Lipinski definition) is 7. The first-order valence-electron chi connectivity index (χ1n) is 12.3. The van der Waals surface area contributed by atoms with Crippen molar-refractivity contribution in [2.24, 2.45) is 0 Å². The minimum Gasteiger partial charge on any atom is -0.345 e. The molecule has 0 radical (unpaired) electrons. The Morgan fingerprint density at radius 1 is 0.976 bits per heavy atom. The second-order valence-electron chi connectivity index (χ2n) is 9.09. The Balaban J connectivity index is 1.37. The summed E-state index contributed by atoms with van der Waals surface area (Å²) >= 11 is 2.34. The molecule has 0 aliphatic heterocycles. The van der Waals surface area contributed by atoms with E-state index in [1.807, 2.05) is 44.2 Å². The summed E-state index contributed by atoms with van der Waals surface area (Å²) < 4.78 is 42.8. The molecule has 0 saturated carbocycles. The van der Waals surface area contributed by atoms with E-state index in [9.17, 15) is 22.8 Å². The van der Waals surface area contributed by atoms with Gasteiger partial charge in [-0.1, -0.05) is 47.4 Å². The number of anilines is 1. The van der Waals surface area contributed by atoms with E-state index in [-0.39, 0.29) is 40.8 Å². The van der Waals surface area contributed by atoms with Gasteiger partial charge in [-0.25, -0.2) is 4.98 Å². The number of benzene rings is 3. The van der Waals surface area contributed by atoms with Crippen LogP contribution in [0.4, 0.5) is 18.3 Å². The Morgan fingerprint density at radius 3 is 2.54 bits per heavy atom. The van der Waals surface area contributed by atoms with Crippen LogP contribution in [0, 0.1) is 13.8 Å². The average molecular weight is 597 g/mol. The molecule has 2 amide bonds. The van der Waals surface area contributed by atoms with Gasteiger partial charge in [-0.05, 0) is 67.4 Å². The third kappa shape index (κ3) is 6.57. The van der Waals surface area contributed by atoms with E-state index in [0.29, 0.717) is 10.7 Å². The molecule has 0 saturated heterocycles. The molecule has 8 nitrogen and oxygen atoms in total. The molecular formula is C28H23F3N6O2S2. The van der Waals surface area contributed by atoms with Gasteiger partial charge in [-0.2, -0.15) is 13.2 Å². The summed E-state index contributed by atoms with van der Waals surface area (Å²) in [5.41, 5.74) is 2.50. The summed E-state index contributed by atoms with van der Waals surface area (Å²) in [6, 6.07) is 17.5. The van der Waals surface area contributed by atoms with Crippen LogP contribution >= 0.6 is 23.1 Å². The largest absolute Gasteiger partial charge is 0.416 e. The van der Waals surface area contributed by atoms with E-state index >= 15 is 0 Å². The van der Waals surface area contributed by atoms with Gasteiger partial charge in [0.25, 0.3) is 5.91 Å². The lowest BCUT2D eigenvalue weighted by atomic mass is 10.1. The highest BCUT2D eigenvalue weighted by molar-refractivity contribution is 7.99. The van der Waals surface area contributed by atoms with Crippen LogP contribution in [0.2, 0.25) is 0 Å². The van der Waals surface area contributed by atoms with Crippen LogP contribution in [0.25, 0.3) is 15.9 Å². The minimum atomic E-state index is -4.56. The second-order valence-corrected chi connectivity index (χ2v) is 11.1. The number of thiazole rings is 1. The zero-order valence-electron chi connectivity index (χ0n) is 21.8. The summed E-state index contributed by atoms with van der Waals surface area (Å²) in [5, 5.41) is 14.4. The molecule has 0 aliphatic rings. The van der Waals surface area contributed by atoms with Crippen molar-refractivity contribution in [2.45, 2.75) is 31.7 Å². The fraction of sp³-hybridized carbons (Fsp3) is 0.179. The van der Waals surface area contributed by atoms with E-state index in [4.69, 9.17) is 0 Å². The number of nitrogens with zero attached hydrogens (tertiary/aromatic N) is 4. The van der Waals surface area contributed by atoms with Crippen molar-refractivity contribution in [3.63, 3.8) is 0 Å². The maximum absolute atomic E-state index is 13.5. The van der Waals surface area contributed by atoms with Crippen molar-refractivity contribution >= 4 is 50.3 Å². The quantitative estimate of drug-likeness (QED) is 0.208. The van der Waals surface area contributed by atoms with E-state index in [0.717, 1.165) is 45.2 Å². The highest BCUT2D eigenvalue weighted by Gasteiger charge is 2.31. The molecule has 0 atom stereocenters. The van der Waals surface area contributed by atoms with E-state index < -0.39 is 11.7 Å². The molecular weight excluding hydrogens is 573 g/mol. The summed E-state index contributed by atoms with van der Waals surface area (Å²) in [5.74, 6) is -0.619. The molecule has 41 heavy (non-hydrogen) atoms. The van der Waals surface area contributed by atoms with Crippen LogP contribution in [0.3, 0.4) is 0 Å². The summed E-state index contributed by atoms with van der Waals surface area (Å²) in [6.07, 6.45) is -4.56. The maximum atomic E-state index is 13.5. The molecule has 0 unspecified atom stereocenters. The normalized spacial score (nSPS) is 11.5. The fourth-order valence-corrected chi connectivity index (χ4v) is 5.60. The molecule has 0 fully saturated rings. The molecule has 0 bridgehead atoms. The molecule has 5 aromatic rings. The number of rotatable bonds is 8. The molecule has 2 heterocycles. The number of carbonyl (C=O) groups excluding carboxylic acids is 2. The predicted octanol–water partition coefficient (Wildman–Crippen LogP) is 6.17. The molecule has 5 rings (SSSR count). The van der Waals surface area contributed by atoms with E-state index in [1.165, 1.54) is 28.0 Å². The summed E-state index contributed by atoms with van der Waals surface area (Å²) in [6.45, 7) is 3.73. The Morgan fingerprint density at radius 2 is 1.78 bits per heavy atom. The van der Waals surface area contributed by atoms with Crippen LogP contribution in [-0.2, 0) is 17.5 Å². The van der Waals surface area contributed by atoms with Crippen LogP contribution in [0.1, 0.15) is 32.9 Å². The molecule has 2 aromatic heterocycles. The number of amides is 2. The number of hydrogen-bond donors (Lipinski definition) is 2. The molecule has 0 spiro atoms. The first-order chi connectivity index (χ1) is 19.6. The van der Waals surface area contributed by atoms with Gasteiger partial charge in [-0.3, -0.25) is 14.2 Å². The third-order valence-electron chi connectivity index (χ3n) is 6.18. The Kier molecular flexibility index (Phi) is 8.08. The lowest BCUT2D eigenvalue weighted by Gasteiger charge is -2.13. The number of aromatic nitrogens is 4. The zero-order chi connectivity index (χ0) is 29.1. The van der Waals surface area contributed by atoms with Gasteiger partial charge >= 0.3 is 6.18 Å². The summed E-state index contributed by atoms with van der Waals surface area (Å²) in [4.78, 5) is 29.9. The molecule has 0 aliphatic carbocycles. The monoisotopic (exact) mass is 596 g/mol. The average Bonchev–Trinajstić information content (AvgIpc) is 3.54. The van der Waals surface area contributed by atoms with Gasteiger partial charge < -0.3 is 10.6 Å². The topological polar surface area (TPSA) is 102 Å². The lowest BCUT2D eigenvalue weighted by molar-refractivity contribution is -0.137. The molecule has 3 aromatic carbocycles. The van der Waals surface area contributed by atoms with Crippen molar-refractivity contribution in [3.05, 3.63) is 94.8 Å². The number of nitrogens with one attached hydrogen (secondary N) is 2. The number of halogens is 3. The standard InChI is InChI=1S/C28H23F3N6O2S2/c1-16-10-11-18(12-17(16)2)25(39)32-14-23-35-36-27(37(23)20-7-5-6-19(13-20)28(29,30)31)40-15-24(38)34-26-33-21-8-3-4-9-22(21)41-26/h3-13H,14-15H2,1-2H3,(H,32,39)(H,33,34,38). The number of aryl methyl sites for hydroxylation is 2. The number of para-hydroxylation sites is 1. The van der Waals surface area contributed by atoms with Gasteiger partial charge in [0.15, 0.2) is 16.1 Å². The van der Waals surface area contributed by atoms with Gasteiger partial charge in [-0.15, -0.1) is 10.2 Å². The Hall–Kier alpha value is -4.23. The number of alkyl halides is 3. The van der Waals surface area contributed by atoms with Gasteiger partial charge in [0.1, 0.15) is 0 Å². The number of thioether (sulfide) groups is 1. The molecule has 13 heteroatoms. The maximum Gasteiger partial charge on any atom is 0.416 e. The third-order valence-corrected chi connectivity index (χ3v) is 8.06. The SMILES string of the molecule is Cc1ccc(C(=O)NCc2nnc(SCC(=O)Nc3nc4ccccc4s3)n2-c2cccc(C(F)(F)F)c2)cc1C. The smallest absolute Gasteiger partial charge is 0.345 e. The van der Waals surface area contributed by atoms with E-state index in [2.05, 4.69) is 25.8 Å². The lowest BCUT2D eigenvalue weighted by Crippen LogP contribution is -2.25. The predicted molar refractivity (Wildman–Crippen MR) is 152 cm³/mol. The highest BCUT2D eigenvalue weighted by atomic mass is 32.2. The fourth-order valence-electron chi connectivity index (χ4n) is 3.94. The van der Waals surface area contributed by atoms with Crippen LogP contribution in [0.5, 0.6) is 0 Å². The zero-order valence-corrected chi connectivity index (χ0v) is 23.5. The Bertz CT molecular complexity index is 1720. The van der Waals surface area contributed by atoms with Crippen molar-refractivity contribution in [3.8, 4) is 5.69 Å². The van der Waals surface area contributed by atoms with Crippen LogP contribution in [-0.4, -0.2) is 37.3 Å². The van der Waals surface area contributed by atoms with Crippen molar-refractivity contribution in [1.29, 1.82) is 0 Å². The van der Waals surface area contributed by atoms with Crippen molar-refractivity contribution in [2.75, 3.05) is 11.1 Å². The molecule has 210 valence electrons. The van der Waals surface area contributed by atoms with Gasteiger partial charge in [0.05, 0.1) is 33.8 Å².